The third-order valence-electron chi connectivity index (χ3n) is 2.90. The van der Waals surface area contributed by atoms with Crippen LogP contribution in [0.1, 0.15) is 28.8 Å². The maximum Gasteiger partial charge on any atom is 0.248 e. The highest BCUT2D eigenvalue weighted by atomic mass is 16.5. The molecule has 0 aliphatic heterocycles. The number of amides is 1. The Balaban J connectivity index is 2.06. The molecular formula is C12H16N2O2. The van der Waals surface area contributed by atoms with Crippen LogP contribution in [0.15, 0.2) is 18.2 Å². The fourth-order valence-corrected chi connectivity index (χ4v) is 1.88. The van der Waals surface area contributed by atoms with E-state index in [1.807, 2.05) is 13.0 Å². The lowest BCUT2D eigenvalue weighted by atomic mass is 9.90. The lowest BCUT2D eigenvalue weighted by Crippen LogP contribution is -2.43. The lowest BCUT2D eigenvalue weighted by molar-refractivity contribution is 0.0995. The predicted octanol–water partition coefficient (Wildman–Crippen LogP) is 0.962. The fraction of sp³-hybridized carbons (Fsp3) is 0.417. The van der Waals surface area contributed by atoms with Gasteiger partial charge in [-0.1, -0.05) is 0 Å². The molecule has 2 rings (SSSR count). The second kappa shape index (κ2) is 4.14. The standard InChI is InChI=1S/C12H16N2O2/c1-7-4-9(2-3-11(7)12(14)15)16-10-5-8(13)6-10/h2-4,8,10H,5-6,13H2,1H3,(H2,14,15). The number of rotatable bonds is 3. The Labute approximate surface area is 94.6 Å². The molecule has 0 aromatic heterocycles. The number of ether oxygens (including phenoxy) is 1. The molecule has 0 spiro atoms. The maximum absolute atomic E-state index is 11.0. The Bertz CT molecular complexity index is 411. The highest BCUT2D eigenvalue weighted by Crippen LogP contribution is 2.25. The van der Waals surface area contributed by atoms with Crippen molar-refractivity contribution in [1.82, 2.24) is 0 Å². The van der Waals surface area contributed by atoms with Gasteiger partial charge < -0.3 is 16.2 Å². The largest absolute Gasteiger partial charge is 0.490 e. The van der Waals surface area contributed by atoms with E-state index in [2.05, 4.69) is 0 Å². The van der Waals surface area contributed by atoms with Crippen molar-refractivity contribution in [3.63, 3.8) is 0 Å². The molecule has 4 N–H and O–H groups in total. The molecule has 1 fully saturated rings. The van der Waals surface area contributed by atoms with Gasteiger partial charge in [0, 0.05) is 11.6 Å². The molecular weight excluding hydrogens is 204 g/mol. The van der Waals surface area contributed by atoms with Gasteiger partial charge in [-0.05, 0) is 43.5 Å². The van der Waals surface area contributed by atoms with Crippen molar-refractivity contribution in [3.05, 3.63) is 29.3 Å². The normalized spacial score (nSPS) is 23.6. The first-order valence-electron chi connectivity index (χ1n) is 5.39. The van der Waals surface area contributed by atoms with E-state index in [1.165, 1.54) is 0 Å². The molecule has 1 aromatic rings. The summed E-state index contributed by atoms with van der Waals surface area (Å²) in [7, 11) is 0. The summed E-state index contributed by atoms with van der Waals surface area (Å²) in [6.07, 6.45) is 2.02. The average molecular weight is 220 g/mol. The van der Waals surface area contributed by atoms with E-state index >= 15 is 0 Å². The molecule has 1 aliphatic carbocycles. The second-order valence-electron chi connectivity index (χ2n) is 4.31. The number of primary amides is 1. The zero-order chi connectivity index (χ0) is 11.7. The number of hydrogen-bond acceptors (Lipinski definition) is 3. The van der Waals surface area contributed by atoms with Gasteiger partial charge in [-0.15, -0.1) is 0 Å². The third kappa shape index (κ3) is 2.17. The van der Waals surface area contributed by atoms with Gasteiger partial charge in [-0.2, -0.15) is 0 Å². The van der Waals surface area contributed by atoms with E-state index in [0.717, 1.165) is 24.2 Å². The molecule has 16 heavy (non-hydrogen) atoms. The van der Waals surface area contributed by atoms with E-state index in [4.69, 9.17) is 16.2 Å². The summed E-state index contributed by atoms with van der Waals surface area (Å²) in [4.78, 5) is 11.0. The molecule has 86 valence electrons. The van der Waals surface area contributed by atoms with Crippen LogP contribution in [0.5, 0.6) is 5.75 Å². The molecule has 1 aliphatic rings. The minimum Gasteiger partial charge on any atom is -0.490 e. The van der Waals surface area contributed by atoms with Gasteiger partial charge in [0.05, 0.1) is 0 Å². The quantitative estimate of drug-likeness (QED) is 0.796. The zero-order valence-electron chi connectivity index (χ0n) is 9.27. The summed E-state index contributed by atoms with van der Waals surface area (Å²) in [5.41, 5.74) is 12.3. The minimum atomic E-state index is -0.408. The van der Waals surface area contributed by atoms with Crippen LogP contribution in [-0.4, -0.2) is 18.1 Å². The van der Waals surface area contributed by atoms with E-state index < -0.39 is 5.91 Å². The van der Waals surface area contributed by atoms with E-state index in [0.29, 0.717) is 5.56 Å². The summed E-state index contributed by atoms with van der Waals surface area (Å²) in [6, 6.07) is 5.59. The molecule has 1 amide bonds. The van der Waals surface area contributed by atoms with E-state index in [1.54, 1.807) is 12.1 Å². The SMILES string of the molecule is Cc1cc(OC2CC(N)C2)ccc1C(N)=O. The molecule has 0 radical (unpaired) electrons. The van der Waals surface area contributed by atoms with Crippen LogP contribution in [0.25, 0.3) is 0 Å². The maximum atomic E-state index is 11.0. The zero-order valence-corrected chi connectivity index (χ0v) is 9.27. The number of carbonyl (C=O) groups excluding carboxylic acids is 1. The van der Waals surface area contributed by atoms with Crippen molar-refractivity contribution in [3.8, 4) is 5.75 Å². The highest BCUT2D eigenvalue weighted by molar-refractivity contribution is 5.94. The van der Waals surface area contributed by atoms with Gasteiger partial charge in [0.25, 0.3) is 0 Å². The monoisotopic (exact) mass is 220 g/mol. The molecule has 0 atom stereocenters. The molecule has 4 heteroatoms. The number of carbonyl (C=O) groups is 1. The Morgan fingerprint density at radius 1 is 1.44 bits per heavy atom. The topological polar surface area (TPSA) is 78.3 Å². The fourth-order valence-electron chi connectivity index (χ4n) is 1.88. The van der Waals surface area contributed by atoms with Gasteiger partial charge in [-0.25, -0.2) is 0 Å². The van der Waals surface area contributed by atoms with Crippen molar-refractivity contribution in [2.45, 2.75) is 31.9 Å². The molecule has 1 saturated carbocycles. The van der Waals surface area contributed by atoms with Crippen molar-refractivity contribution < 1.29 is 9.53 Å². The molecule has 1 aromatic carbocycles. The average Bonchev–Trinajstić information content (AvgIpc) is 2.15. The van der Waals surface area contributed by atoms with Crippen molar-refractivity contribution in [2.24, 2.45) is 11.5 Å². The van der Waals surface area contributed by atoms with Crippen LogP contribution in [-0.2, 0) is 0 Å². The number of nitrogens with two attached hydrogens (primary N) is 2. The first-order valence-corrected chi connectivity index (χ1v) is 5.39. The minimum absolute atomic E-state index is 0.217. The number of aryl methyl sites for hydroxylation is 1. The summed E-state index contributed by atoms with van der Waals surface area (Å²) in [5, 5.41) is 0. The van der Waals surface area contributed by atoms with Crippen LogP contribution >= 0.6 is 0 Å². The lowest BCUT2D eigenvalue weighted by Gasteiger charge is -2.32. The first-order chi connectivity index (χ1) is 7.56. The Morgan fingerprint density at radius 2 is 2.12 bits per heavy atom. The smallest absolute Gasteiger partial charge is 0.248 e. The predicted molar refractivity (Wildman–Crippen MR) is 61.3 cm³/mol. The summed E-state index contributed by atoms with van der Waals surface area (Å²) >= 11 is 0. The van der Waals surface area contributed by atoms with Crippen molar-refractivity contribution in [1.29, 1.82) is 0 Å². The second-order valence-corrected chi connectivity index (χ2v) is 4.31. The van der Waals surface area contributed by atoms with Gasteiger partial charge in [0.1, 0.15) is 11.9 Å². The molecule has 0 bridgehead atoms. The Hall–Kier alpha value is -1.55. The van der Waals surface area contributed by atoms with E-state index in [-0.39, 0.29) is 12.1 Å². The van der Waals surface area contributed by atoms with Gasteiger partial charge in [-0.3, -0.25) is 4.79 Å². The Morgan fingerprint density at radius 3 is 2.62 bits per heavy atom. The molecule has 4 nitrogen and oxygen atoms in total. The molecule has 0 saturated heterocycles. The van der Waals surface area contributed by atoms with Crippen LogP contribution < -0.4 is 16.2 Å². The van der Waals surface area contributed by atoms with Crippen LogP contribution in [0.2, 0.25) is 0 Å². The van der Waals surface area contributed by atoms with Crippen LogP contribution in [0, 0.1) is 6.92 Å². The summed E-state index contributed by atoms with van der Waals surface area (Å²) in [5.74, 6) is 0.370. The number of hydrogen-bond donors (Lipinski definition) is 2. The van der Waals surface area contributed by atoms with Crippen LogP contribution in [0.3, 0.4) is 0 Å². The van der Waals surface area contributed by atoms with Gasteiger partial charge in [0.2, 0.25) is 5.91 Å². The Kier molecular flexibility index (Phi) is 2.83. The van der Waals surface area contributed by atoms with Crippen molar-refractivity contribution >= 4 is 5.91 Å². The van der Waals surface area contributed by atoms with Crippen LogP contribution in [0.4, 0.5) is 0 Å². The number of benzene rings is 1. The summed E-state index contributed by atoms with van der Waals surface area (Å²) < 4.78 is 5.70. The third-order valence-corrected chi connectivity index (χ3v) is 2.90. The van der Waals surface area contributed by atoms with Crippen molar-refractivity contribution in [2.75, 3.05) is 0 Å². The molecule has 0 heterocycles. The molecule has 0 unspecified atom stereocenters. The first kappa shape index (κ1) is 11.0. The van der Waals surface area contributed by atoms with E-state index in [9.17, 15) is 4.79 Å². The van der Waals surface area contributed by atoms with Gasteiger partial charge in [0.15, 0.2) is 0 Å². The summed E-state index contributed by atoms with van der Waals surface area (Å²) in [6.45, 7) is 1.85. The highest BCUT2D eigenvalue weighted by Gasteiger charge is 2.27. The van der Waals surface area contributed by atoms with Gasteiger partial charge >= 0.3 is 0 Å².